The van der Waals surface area contributed by atoms with Crippen LogP contribution in [0, 0.1) is 0 Å². The number of pyridine rings is 1. The first kappa shape index (κ1) is 17.5. The van der Waals surface area contributed by atoms with E-state index >= 15 is 0 Å². The lowest BCUT2D eigenvalue weighted by atomic mass is 10.2. The number of rotatable bonds is 6. The van der Waals surface area contributed by atoms with E-state index < -0.39 is 0 Å². The van der Waals surface area contributed by atoms with Crippen molar-refractivity contribution in [2.24, 2.45) is 0 Å². The quantitative estimate of drug-likeness (QED) is 0.675. The van der Waals surface area contributed by atoms with Gasteiger partial charge in [-0.25, -0.2) is 14.8 Å². The molecule has 1 fully saturated rings. The summed E-state index contributed by atoms with van der Waals surface area (Å²) in [5.41, 5.74) is 2.59. The number of carbonyl (C=O) groups is 1. The molecule has 1 aliphatic heterocycles. The van der Waals surface area contributed by atoms with Gasteiger partial charge in [-0.15, -0.1) is 0 Å². The minimum absolute atomic E-state index is 0.0316. The fourth-order valence-corrected chi connectivity index (χ4v) is 3.53. The molecule has 4 rings (SSSR count). The number of urea groups is 1. The average molecular weight is 369 g/mol. The predicted molar refractivity (Wildman–Crippen MR) is 100 cm³/mol. The number of carbonyl (C=O) groups excluding carboxylic acids is 1. The van der Waals surface area contributed by atoms with Crippen LogP contribution in [0.15, 0.2) is 41.3 Å². The molecular weight excluding hydrogens is 346 g/mol. The highest BCUT2D eigenvalue weighted by molar-refractivity contribution is 5.77. The number of hydrogen-bond donors (Lipinski definition) is 1. The number of fused-ring (bicyclic) bond motifs is 1. The highest BCUT2D eigenvalue weighted by Gasteiger charge is 2.30. The fourth-order valence-electron chi connectivity index (χ4n) is 3.53. The average Bonchev–Trinajstić information content (AvgIpc) is 3.43. The second kappa shape index (κ2) is 7.79. The van der Waals surface area contributed by atoms with Gasteiger partial charge in [-0.2, -0.15) is 0 Å². The molecule has 1 N–H and O–H groups in total. The third-order valence-corrected chi connectivity index (χ3v) is 4.85. The van der Waals surface area contributed by atoms with E-state index in [1.807, 2.05) is 23.1 Å². The molecule has 0 unspecified atom stereocenters. The van der Waals surface area contributed by atoms with Crippen molar-refractivity contribution in [1.29, 1.82) is 0 Å². The van der Waals surface area contributed by atoms with Gasteiger partial charge in [0.2, 0.25) is 0 Å². The Morgan fingerprint density at radius 1 is 1.44 bits per heavy atom. The van der Waals surface area contributed by atoms with Crippen molar-refractivity contribution < 1.29 is 13.9 Å². The molecule has 8 heteroatoms. The van der Waals surface area contributed by atoms with E-state index in [4.69, 9.17) is 14.1 Å². The van der Waals surface area contributed by atoms with Crippen molar-refractivity contribution in [3.63, 3.8) is 0 Å². The molecule has 0 bridgehead atoms. The smallest absolute Gasteiger partial charge is 0.317 e. The number of imidazole rings is 1. The van der Waals surface area contributed by atoms with Crippen LogP contribution in [-0.4, -0.2) is 58.8 Å². The molecule has 1 atom stereocenters. The molecular formula is C19H23N5O3. The number of hydrogen-bond acceptors (Lipinski definition) is 5. The number of furan rings is 1. The Morgan fingerprint density at radius 3 is 3.19 bits per heavy atom. The molecule has 3 aromatic rings. The molecule has 8 nitrogen and oxygen atoms in total. The molecule has 1 aliphatic rings. The highest BCUT2D eigenvalue weighted by Crippen LogP contribution is 2.32. The zero-order valence-electron chi connectivity index (χ0n) is 15.3. The van der Waals surface area contributed by atoms with Crippen molar-refractivity contribution >= 4 is 17.2 Å². The first-order valence-corrected chi connectivity index (χ1v) is 9.15. The molecule has 4 heterocycles. The van der Waals surface area contributed by atoms with Gasteiger partial charge in [-0.3, -0.25) is 0 Å². The molecule has 0 aliphatic carbocycles. The monoisotopic (exact) mass is 369 g/mol. The Morgan fingerprint density at radius 2 is 2.37 bits per heavy atom. The van der Waals surface area contributed by atoms with Gasteiger partial charge < -0.3 is 23.9 Å². The SMILES string of the molecule is COCCCNC(=O)N1CC[C@H](n2c(-c3ccoc3)nc3cccnc32)C1. The van der Waals surface area contributed by atoms with Crippen LogP contribution in [-0.2, 0) is 4.74 Å². The molecule has 0 saturated carbocycles. The summed E-state index contributed by atoms with van der Waals surface area (Å²) in [6.45, 7) is 2.59. The van der Waals surface area contributed by atoms with Crippen LogP contribution in [0.25, 0.3) is 22.6 Å². The van der Waals surface area contributed by atoms with Gasteiger partial charge >= 0.3 is 6.03 Å². The largest absolute Gasteiger partial charge is 0.472 e. The van der Waals surface area contributed by atoms with Gasteiger partial charge in [0.15, 0.2) is 5.65 Å². The van der Waals surface area contributed by atoms with Crippen LogP contribution in [0.2, 0.25) is 0 Å². The van der Waals surface area contributed by atoms with Gasteiger partial charge in [0.25, 0.3) is 0 Å². The topological polar surface area (TPSA) is 85.4 Å². The lowest BCUT2D eigenvalue weighted by Gasteiger charge is -2.19. The maximum Gasteiger partial charge on any atom is 0.317 e. The van der Waals surface area contributed by atoms with Crippen LogP contribution in [0.5, 0.6) is 0 Å². The second-order valence-corrected chi connectivity index (χ2v) is 6.63. The molecule has 0 aromatic carbocycles. The van der Waals surface area contributed by atoms with E-state index in [1.54, 1.807) is 25.8 Å². The Kier molecular flexibility index (Phi) is 5.06. The van der Waals surface area contributed by atoms with Gasteiger partial charge in [0.1, 0.15) is 17.6 Å². The third-order valence-electron chi connectivity index (χ3n) is 4.85. The standard InChI is InChI=1S/C19H23N5O3/c1-26-10-3-8-21-19(25)23-9-5-15(12-23)24-17(14-6-11-27-13-14)22-16-4-2-7-20-18(16)24/h2,4,6-7,11,13,15H,3,5,8-10,12H2,1H3,(H,21,25)/t15-/m0/s1. The summed E-state index contributed by atoms with van der Waals surface area (Å²) >= 11 is 0. The van der Waals surface area contributed by atoms with E-state index in [9.17, 15) is 4.79 Å². The number of ether oxygens (including phenoxy) is 1. The zero-order valence-corrected chi connectivity index (χ0v) is 15.3. The molecule has 27 heavy (non-hydrogen) atoms. The van der Waals surface area contributed by atoms with Crippen molar-refractivity contribution in [3.8, 4) is 11.4 Å². The van der Waals surface area contributed by atoms with Crippen molar-refractivity contribution in [2.75, 3.05) is 33.4 Å². The maximum atomic E-state index is 12.4. The first-order chi connectivity index (χ1) is 13.3. The number of likely N-dealkylation sites (tertiary alicyclic amines) is 1. The van der Waals surface area contributed by atoms with Gasteiger partial charge in [-0.05, 0) is 31.0 Å². The lowest BCUT2D eigenvalue weighted by molar-refractivity contribution is 0.188. The van der Waals surface area contributed by atoms with Crippen LogP contribution in [0.3, 0.4) is 0 Å². The second-order valence-electron chi connectivity index (χ2n) is 6.63. The number of amides is 2. The Labute approximate surface area is 157 Å². The normalized spacial score (nSPS) is 16.9. The van der Waals surface area contributed by atoms with Crippen LogP contribution < -0.4 is 5.32 Å². The van der Waals surface area contributed by atoms with E-state index in [-0.39, 0.29) is 12.1 Å². The van der Waals surface area contributed by atoms with E-state index in [0.717, 1.165) is 35.4 Å². The summed E-state index contributed by atoms with van der Waals surface area (Å²) in [6, 6.07) is 5.83. The molecule has 142 valence electrons. The van der Waals surface area contributed by atoms with Crippen molar-refractivity contribution in [1.82, 2.24) is 24.8 Å². The van der Waals surface area contributed by atoms with E-state index in [1.165, 1.54) is 0 Å². The minimum atomic E-state index is -0.0316. The molecule has 2 amide bonds. The maximum absolute atomic E-state index is 12.4. The predicted octanol–water partition coefficient (Wildman–Crippen LogP) is 2.68. The minimum Gasteiger partial charge on any atom is -0.472 e. The van der Waals surface area contributed by atoms with E-state index in [0.29, 0.717) is 26.2 Å². The van der Waals surface area contributed by atoms with Gasteiger partial charge in [0, 0.05) is 39.5 Å². The van der Waals surface area contributed by atoms with Crippen LogP contribution in [0.4, 0.5) is 4.79 Å². The van der Waals surface area contributed by atoms with E-state index in [2.05, 4.69) is 14.9 Å². The summed E-state index contributed by atoms with van der Waals surface area (Å²) in [5, 5.41) is 2.96. The number of aromatic nitrogens is 3. The fraction of sp³-hybridized carbons (Fsp3) is 0.421. The van der Waals surface area contributed by atoms with Crippen molar-refractivity contribution in [3.05, 3.63) is 36.9 Å². The first-order valence-electron chi connectivity index (χ1n) is 9.15. The molecule has 1 saturated heterocycles. The summed E-state index contributed by atoms with van der Waals surface area (Å²) < 4.78 is 12.4. The van der Waals surface area contributed by atoms with Crippen molar-refractivity contribution in [2.45, 2.75) is 18.9 Å². The van der Waals surface area contributed by atoms with Crippen LogP contribution in [0.1, 0.15) is 18.9 Å². The molecule has 0 spiro atoms. The highest BCUT2D eigenvalue weighted by atomic mass is 16.5. The Balaban J connectivity index is 1.55. The molecule has 0 radical (unpaired) electrons. The number of methoxy groups -OCH3 is 1. The summed E-state index contributed by atoms with van der Waals surface area (Å²) in [7, 11) is 1.66. The zero-order chi connectivity index (χ0) is 18.6. The summed E-state index contributed by atoms with van der Waals surface area (Å²) in [6.07, 6.45) is 6.77. The third kappa shape index (κ3) is 3.52. The summed E-state index contributed by atoms with van der Waals surface area (Å²) in [5.74, 6) is 0.824. The van der Waals surface area contributed by atoms with Crippen LogP contribution >= 0.6 is 0 Å². The number of nitrogens with zero attached hydrogens (tertiary/aromatic N) is 4. The Hall–Kier alpha value is -2.87. The Bertz CT molecular complexity index is 905. The number of nitrogens with one attached hydrogen (secondary N) is 1. The lowest BCUT2D eigenvalue weighted by Crippen LogP contribution is -2.39. The molecule has 3 aromatic heterocycles. The summed E-state index contributed by atoms with van der Waals surface area (Å²) in [4.78, 5) is 23.6. The van der Waals surface area contributed by atoms with Gasteiger partial charge in [0.05, 0.1) is 17.9 Å². The van der Waals surface area contributed by atoms with Gasteiger partial charge in [-0.1, -0.05) is 0 Å².